The zero-order chi connectivity index (χ0) is 12.1. The molecular weight excluding hydrogens is 347 g/mol. The summed E-state index contributed by atoms with van der Waals surface area (Å²) in [4.78, 5) is 9.91. The first-order valence-corrected chi connectivity index (χ1v) is 6.27. The summed E-state index contributed by atoms with van der Waals surface area (Å²) in [5.74, 6) is 1.07. The Labute approximate surface area is 124 Å². The number of guanidine groups is 1. The fourth-order valence-corrected chi connectivity index (χ4v) is 1.98. The molecular formula is C11H21IN4S. The summed E-state index contributed by atoms with van der Waals surface area (Å²) >= 11 is 1.68. The lowest BCUT2D eigenvalue weighted by molar-refractivity contribution is 0.622. The standard InChI is InChI=1S/C11H20N4S.HI/c1-7(2)5-13-11(12)14-6-10-15-8(3)9(4)16-10;/h7H,5-6H2,1-4H3,(H3,12,13,14);1H. The molecule has 0 unspecified atom stereocenters. The van der Waals surface area contributed by atoms with Crippen LogP contribution in [0.5, 0.6) is 0 Å². The first kappa shape index (κ1) is 16.6. The van der Waals surface area contributed by atoms with Gasteiger partial charge >= 0.3 is 0 Å². The number of nitrogens with zero attached hydrogens (tertiary/aromatic N) is 2. The number of aliphatic imine (C=N–C) groups is 1. The van der Waals surface area contributed by atoms with Gasteiger partial charge < -0.3 is 11.1 Å². The average molecular weight is 368 g/mol. The number of hydrogen-bond acceptors (Lipinski definition) is 3. The van der Waals surface area contributed by atoms with Crippen LogP contribution in [0.3, 0.4) is 0 Å². The molecule has 0 saturated carbocycles. The number of thiazole rings is 1. The van der Waals surface area contributed by atoms with Gasteiger partial charge in [-0.2, -0.15) is 0 Å². The molecule has 0 atom stereocenters. The Kier molecular flexibility index (Phi) is 7.69. The van der Waals surface area contributed by atoms with Crippen LogP contribution < -0.4 is 11.1 Å². The fourth-order valence-electron chi connectivity index (χ4n) is 1.12. The number of aromatic nitrogens is 1. The molecule has 17 heavy (non-hydrogen) atoms. The highest BCUT2D eigenvalue weighted by Crippen LogP contribution is 2.16. The van der Waals surface area contributed by atoms with E-state index in [1.165, 1.54) is 4.88 Å². The Morgan fingerprint density at radius 2 is 2.12 bits per heavy atom. The van der Waals surface area contributed by atoms with E-state index in [2.05, 4.69) is 36.1 Å². The van der Waals surface area contributed by atoms with Crippen LogP contribution in [0.15, 0.2) is 4.99 Å². The highest BCUT2D eigenvalue weighted by atomic mass is 127. The molecule has 0 saturated heterocycles. The number of rotatable bonds is 4. The molecule has 3 N–H and O–H groups in total. The predicted octanol–water partition coefficient (Wildman–Crippen LogP) is 2.44. The van der Waals surface area contributed by atoms with Gasteiger partial charge in [-0.05, 0) is 19.8 Å². The first-order valence-electron chi connectivity index (χ1n) is 5.45. The van der Waals surface area contributed by atoms with Crippen LogP contribution in [-0.2, 0) is 6.54 Å². The highest BCUT2D eigenvalue weighted by Gasteiger charge is 2.02. The van der Waals surface area contributed by atoms with E-state index < -0.39 is 0 Å². The normalized spacial score (nSPS) is 11.5. The smallest absolute Gasteiger partial charge is 0.189 e. The van der Waals surface area contributed by atoms with Gasteiger partial charge in [0.1, 0.15) is 5.01 Å². The van der Waals surface area contributed by atoms with Gasteiger partial charge in [0.2, 0.25) is 0 Å². The minimum atomic E-state index is 0. The molecule has 0 spiro atoms. The van der Waals surface area contributed by atoms with Crippen LogP contribution in [0.25, 0.3) is 0 Å². The molecule has 0 bridgehead atoms. The molecule has 1 rings (SSSR count). The van der Waals surface area contributed by atoms with E-state index in [9.17, 15) is 0 Å². The largest absolute Gasteiger partial charge is 0.370 e. The monoisotopic (exact) mass is 368 g/mol. The lowest BCUT2D eigenvalue weighted by atomic mass is 10.2. The van der Waals surface area contributed by atoms with Crippen LogP contribution >= 0.6 is 35.3 Å². The van der Waals surface area contributed by atoms with Crippen molar-refractivity contribution in [3.63, 3.8) is 0 Å². The molecule has 98 valence electrons. The third-order valence-electron chi connectivity index (χ3n) is 2.15. The van der Waals surface area contributed by atoms with Crippen molar-refractivity contribution in [3.8, 4) is 0 Å². The molecule has 0 amide bonds. The van der Waals surface area contributed by atoms with Crippen molar-refractivity contribution in [1.29, 1.82) is 0 Å². The molecule has 0 aliphatic rings. The van der Waals surface area contributed by atoms with Gasteiger partial charge in [0.15, 0.2) is 5.96 Å². The van der Waals surface area contributed by atoms with Crippen molar-refractivity contribution in [1.82, 2.24) is 10.3 Å². The summed E-state index contributed by atoms with van der Waals surface area (Å²) in [6.45, 7) is 9.77. The molecule has 0 fully saturated rings. The van der Waals surface area contributed by atoms with Crippen molar-refractivity contribution in [2.24, 2.45) is 16.6 Å². The Bertz CT molecular complexity index is 354. The maximum absolute atomic E-state index is 5.73. The molecule has 1 heterocycles. The highest BCUT2D eigenvalue weighted by molar-refractivity contribution is 14.0. The maximum Gasteiger partial charge on any atom is 0.189 e. The number of hydrogen-bond donors (Lipinski definition) is 2. The molecule has 6 heteroatoms. The molecule has 0 aliphatic carbocycles. The lowest BCUT2D eigenvalue weighted by Crippen LogP contribution is -2.34. The van der Waals surface area contributed by atoms with Crippen molar-refractivity contribution in [2.45, 2.75) is 34.2 Å². The van der Waals surface area contributed by atoms with E-state index in [0.717, 1.165) is 17.2 Å². The van der Waals surface area contributed by atoms with Gasteiger partial charge in [0.05, 0.1) is 12.2 Å². The van der Waals surface area contributed by atoms with Crippen LogP contribution in [-0.4, -0.2) is 17.5 Å². The Balaban J connectivity index is 0.00000256. The van der Waals surface area contributed by atoms with E-state index in [4.69, 9.17) is 5.73 Å². The Hall–Kier alpha value is -0.370. The summed E-state index contributed by atoms with van der Waals surface area (Å²) in [6, 6.07) is 0. The summed E-state index contributed by atoms with van der Waals surface area (Å²) in [5, 5.41) is 4.10. The van der Waals surface area contributed by atoms with Gasteiger partial charge in [-0.1, -0.05) is 13.8 Å². The second kappa shape index (κ2) is 7.86. The predicted molar refractivity (Wildman–Crippen MR) is 85.2 cm³/mol. The third-order valence-corrected chi connectivity index (χ3v) is 3.21. The quantitative estimate of drug-likeness (QED) is 0.488. The molecule has 1 aromatic heterocycles. The van der Waals surface area contributed by atoms with E-state index >= 15 is 0 Å². The van der Waals surface area contributed by atoms with Gasteiger partial charge in [0.25, 0.3) is 0 Å². The van der Waals surface area contributed by atoms with E-state index in [0.29, 0.717) is 18.4 Å². The van der Waals surface area contributed by atoms with Crippen LogP contribution in [0.4, 0.5) is 0 Å². The molecule has 0 aliphatic heterocycles. The number of aryl methyl sites for hydroxylation is 2. The maximum atomic E-state index is 5.73. The Morgan fingerprint density at radius 1 is 1.47 bits per heavy atom. The van der Waals surface area contributed by atoms with E-state index in [-0.39, 0.29) is 24.0 Å². The SMILES string of the molecule is Cc1nc(CN=C(N)NCC(C)C)sc1C.I. The Morgan fingerprint density at radius 3 is 2.59 bits per heavy atom. The van der Waals surface area contributed by atoms with Crippen molar-refractivity contribution in [2.75, 3.05) is 6.54 Å². The van der Waals surface area contributed by atoms with Gasteiger partial charge in [-0.3, -0.25) is 0 Å². The summed E-state index contributed by atoms with van der Waals surface area (Å²) < 4.78 is 0. The summed E-state index contributed by atoms with van der Waals surface area (Å²) in [5.41, 5.74) is 6.82. The van der Waals surface area contributed by atoms with E-state index in [1.54, 1.807) is 11.3 Å². The molecule has 1 aromatic rings. The van der Waals surface area contributed by atoms with Crippen LogP contribution in [0.1, 0.15) is 29.4 Å². The molecule has 0 radical (unpaired) electrons. The summed E-state index contributed by atoms with van der Waals surface area (Å²) in [7, 11) is 0. The van der Waals surface area contributed by atoms with Gasteiger partial charge in [-0.15, -0.1) is 35.3 Å². The number of halogens is 1. The minimum Gasteiger partial charge on any atom is -0.370 e. The number of nitrogens with one attached hydrogen (secondary N) is 1. The second-order valence-corrected chi connectivity index (χ2v) is 5.51. The average Bonchev–Trinajstić information content (AvgIpc) is 2.52. The lowest BCUT2D eigenvalue weighted by Gasteiger charge is -2.07. The third kappa shape index (κ3) is 6.21. The van der Waals surface area contributed by atoms with Gasteiger partial charge in [0, 0.05) is 11.4 Å². The number of nitrogens with two attached hydrogens (primary N) is 1. The zero-order valence-electron chi connectivity index (χ0n) is 10.8. The zero-order valence-corrected chi connectivity index (χ0v) is 13.9. The minimum absolute atomic E-state index is 0. The van der Waals surface area contributed by atoms with Crippen molar-refractivity contribution >= 4 is 41.3 Å². The first-order chi connectivity index (χ1) is 7.49. The van der Waals surface area contributed by atoms with Gasteiger partial charge in [-0.25, -0.2) is 9.98 Å². The summed E-state index contributed by atoms with van der Waals surface area (Å²) in [6.07, 6.45) is 0. The van der Waals surface area contributed by atoms with E-state index in [1.807, 2.05) is 6.92 Å². The van der Waals surface area contributed by atoms with Crippen LogP contribution in [0.2, 0.25) is 0 Å². The van der Waals surface area contributed by atoms with Crippen molar-refractivity contribution < 1.29 is 0 Å². The van der Waals surface area contributed by atoms with Crippen LogP contribution in [0, 0.1) is 19.8 Å². The fraction of sp³-hybridized carbons (Fsp3) is 0.636. The van der Waals surface area contributed by atoms with Crippen molar-refractivity contribution in [3.05, 3.63) is 15.6 Å². The molecule has 4 nitrogen and oxygen atoms in total. The topological polar surface area (TPSA) is 63.3 Å². The second-order valence-electron chi connectivity index (χ2n) is 4.23. The molecule has 0 aromatic carbocycles.